The number of anilines is 1. The van der Waals surface area contributed by atoms with Gasteiger partial charge in [0.1, 0.15) is 24.1 Å². The Bertz CT molecular complexity index is 794. The molecule has 1 aliphatic rings. The van der Waals surface area contributed by atoms with Crippen molar-refractivity contribution in [3.05, 3.63) is 12.7 Å². The summed E-state index contributed by atoms with van der Waals surface area (Å²) < 4.78 is 28.8. The first-order valence-electron chi connectivity index (χ1n) is 8.58. The summed E-state index contributed by atoms with van der Waals surface area (Å²) in [6, 6.07) is 0. The van der Waals surface area contributed by atoms with E-state index in [0.717, 1.165) is 0 Å². The number of nitrogens with two attached hydrogens (primary N) is 1. The van der Waals surface area contributed by atoms with Gasteiger partial charge in [0.15, 0.2) is 32.2 Å². The number of hydrogen-bond donors (Lipinski definition) is 2. The number of aliphatic hydroxyl groups excluding tert-OH is 1. The van der Waals surface area contributed by atoms with Crippen LogP contribution in [0.25, 0.3) is 11.2 Å². The number of hydrogen-bond acceptors (Lipinski definition) is 7. The van der Waals surface area contributed by atoms with Crippen LogP contribution in [0.1, 0.15) is 27.0 Å². The molecular formula is C16H26FN5O3Si. The Balaban J connectivity index is 1.92. The second kappa shape index (κ2) is 6.52. The fourth-order valence-corrected chi connectivity index (χ4v) is 4.09. The Morgan fingerprint density at radius 1 is 1.35 bits per heavy atom. The molecule has 1 saturated heterocycles. The molecule has 144 valence electrons. The maximum atomic E-state index is 15.3. The van der Waals surface area contributed by atoms with Crippen LogP contribution in [0.3, 0.4) is 0 Å². The summed E-state index contributed by atoms with van der Waals surface area (Å²) in [6.45, 7) is 9.99. The predicted octanol–water partition coefficient (Wildman–Crippen LogP) is 2.03. The largest absolute Gasteiger partial charge is 0.408 e. The lowest BCUT2D eigenvalue weighted by molar-refractivity contribution is -0.0445. The molecule has 10 heteroatoms. The number of alkyl halides is 1. The second-order valence-corrected chi connectivity index (χ2v) is 12.9. The molecule has 3 heterocycles. The monoisotopic (exact) mass is 383 g/mol. The lowest BCUT2D eigenvalue weighted by Gasteiger charge is -2.39. The van der Waals surface area contributed by atoms with Crippen LogP contribution in [-0.2, 0) is 9.16 Å². The normalized spacial score (nSPS) is 27.3. The van der Waals surface area contributed by atoms with E-state index in [1.54, 1.807) is 0 Å². The molecule has 4 atom stereocenters. The maximum absolute atomic E-state index is 15.3. The Hall–Kier alpha value is -1.62. The number of halogens is 1. The minimum atomic E-state index is -2.25. The molecule has 26 heavy (non-hydrogen) atoms. The zero-order valence-electron chi connectivity index (χ0n) is 15.7. The van der Waals surface area contributed by atoms with Crippen molar-refractivity contribution in [2.45, 2.75) is 63.5 Å². The van der Waals surface area contributed by atoms with Gasteiger partial charge < -0.3 is 20.0 Å². The molecular weight excluding hydrogens is 357 g/mol. The van der Waals surface area contributed by atoms with Gasteiger partial charge in [-0.15, -0.1) is 0 Å². The van der Waals surface area contributed by atoms with Crippen LogP contribution in [0, 0.1) is 0 Å². The lowest BCUT2D eigenvalue weighted by Crippen LogP contribution is -2.49. The molecule has 1 unspecified atom stereocenters. The molecule has 8 nitrogen and oxygen atoms in total. The molecule has 0 radical (unpaired) electrons. The Morgan fingerprint density at radius 3 is 2.65 bits per heavy atom. The molecule has 0 aromatic carbocycles. The average molecular weight is 384 g/mol. The highest BCUT2D eigenvalue weighted by Crippen LogP contribution is 2.42. The van der Waals surface area contributed by atoms with E-state index in [1.165, 1.54) is 17.2 Å². The van der Waals surface area contributed by atoms with Crippen LogP contribution in [0.15, 0.2) is 12.7 Å². The van der Waals surface area contributed by atoms with E-state index >= 15 is 4.39 Å². The van der Waals surface area contributed by atoms with Gasteiger partial charge in [-0.3, -0.25) is 4.57 Å². The van der Waals surface area contributed by atoms with Gasteiger partial charge in [0, 0.05) is 0 Å². The first kappa shape index (κ1) is 19.1. The molecule has 0 saturated carbocycles. The highest BCUT2D eigenvalue weighted by Gasteiger charge is 2.51. The van der Waals surface area contributed by atoms with Crippen molar-refractivity contribution in [3.8, 4) is 0 Å². The van der Waals surface area contributed by atoms with Crippen molar-refractivity contribution in [2.75, 3.05) is 12.3 Å². The maximum Gasteiger partial charge on any atom is 0.192 e. The minimum Gasteiger partial charge on any atom is -0.408 e. The summed E-state index contributed by atoms with van der Waals surface area (Å²) in [4.78, 5) is 12.2. The molecule has 1 aliphatic heterocycles. The van der Waals surface area contributed by atoms with Gasteiger partial charge in [0.25, 0.3) is 0 Å². The molecule has 1 fully saturated rings. The minimum absolute atomic E-state index is 0.0891. The molecule has 0 spiro atoms. The smallest absolute Gasteiger partial charge is 0.192 e. The van der Waals surface area contributed by atoms with E-state index in [1.807, 2.05) is 13.1 Å². The molecule has 3 rings (SSSR count). The molecule has 2 aromatic rings. The van der Waals surface area contributed by atoms with Gasteiger partial charge in [0.05, 0.1) is 12.9 Å². The van der Waals surface area contributed by atoms with Gasteiger partial charge in [-0.2, -0.15) is 0 Å². The standard InChI is InChI=1S/C16H26FN5O3Si/c1-16(2,3)26(4,5)25-12-9(6-23)24-15(10(12)17)22-8-21-11-13(18)19-7-20-14(11)22/h7-10,12,15,23H,6H2,1-5H3,(H2,18,19,20)/t9-,10-,12?,15-/m1/s1. The van der Waals surface area contributed by atoms with E-state index < -0.39 is 32.9 Å². The van der Waals surface area contributed by atoms with Crippen molar-refractivity contribution >= 4 is 25.3 Å². The number of nitrogen functional groups attached to an aromatic ring is 1. The summed E-state index contributed by atoms with van der Waals surface area (Å²) in [6.07, 6.45) is -1.37. The van der Waals surface area contributed by atoms with E-state index in [9.17, 15) is 5.11 Å². The number of nitrogens with zero attached hydrogens (tertiary/aromatic N) is 4. The highest BCUT2D eigenvalue weighted by atomic mass is 28.4. The Labute approximate surface area is 152 Å². The van der Waals surface area contributed by atoms with E-state index in [2.05, 4.69) is 35.7 Å². The first-order chi connectivity index (χ1) is 12.1. The van der Waals surface area contributed by atoms with Crippen LogP contribution in [-0.4, -0.2) is 57.9 Å². The molecule has 2 aromatic heterocycles. The van der Waals surface area contributed by atoms with Gasteiger partial charge in [-0.25, -0.2) is 19.3 Å². The summed E-state index contributed by atoms with van der Waals surface area (Å²) in [5, 5.41) is 9.61. The van der Waals surface area contributed by atoms with Crippen LogP contribution in [0.2, 0.25) is 18.1 Å². The summed E-state index contributed by atoms with van der Waals surface area (Å²) in [5.74, 6) is 0.218. The number of fused-ring (bicyclic) bond motifs is 1. The van der Waals surface area contributed by atoms with Gasteiger partial charge in [-0.05, 0) is 18.1 Å². The third-order valence-corrected chi connectivity index (χ3v) is 9.82. The van der Waals surface area contributed by atoms with Gasteiger partial charge in [0.2, 0.25) is 0 Å². The fraction of sp³-hybridized carbons (Fsp3) is 0.688. The van der Waals surface area contributed by atoms with E-state index in [-0.39, 0.29) is 17.5 Å². The molecule has 3 N–H and O–H groups in total. The zero-order chi connectivity index (χ0) is 19.3. The third kappa shape index (κ3) is 3.11. The summed E-state index contributed by atoms with van der Waals surface area (Å²) >= 11 is 0. The van der Waals surface area contributed by atoms with Crippen molar-refractivity contribution in [1.82, 2.24) is 19.5 Å². The SMILES string of the molecule is CC(C)(C)[Si](C)(C)OC1[C@@H](F)[C@H](n2cnc3c(N)ncnc32)O[C@@H]1CO. The quantitative estimate of drug-likeness (QED) is 0.778. The summed E-state index contributed by atoms with van der Waals surface area (Å²) in [7, 11) is -2.25. The average Bonchev–Trinajstić information content (AvgIpc) is 3.09. The molecule has 0 amide bonds. The number of aromatic nitrogens is 4. The lowest BCUT2D eigenvalue weighted by atomic mass is 10.1. The van der Waals surface area contributed by atoms with E-state index in [0.29, 0.717) is 11.2 Å². The van der Waals surface area contributed by atoms with E-state index in [4.69, 9.17) is 14.9 Å². The number of rotatable bonds is 4. The number of imidazole rings is 1. The molecule has 0 aliphatic carbocycles. The third-order valence-electron chi connectivity index (χ3n) is 5.34. The van der Waals surface area contributed by atoms with Crippen molar-refractivity contribution < 1.29 is 18.7 Å². The molecule has 0 bridgehead atoms. The Kier molecular flexibility index (Phi) is 4.80. The van der Waals surface area contributed by atoms with Crippen LogP contribution in [0.5, 0.6) is 0 Å². The first-order valence-corrected chi connectivity index (χ1v) is 11.5. The number of aliphatic hydroxyl groups is 1. The Morgan fingerprint density at radius 2 is 2.04 bits per heavy atom. The predicted molar refractivity (Wildman–Crippen MR) is 97.7 cm³/mol. The van der Waals surface area contributed by atoms with Crippen LogP contribution in [0.4, 0.5) is 10.2 Å². The van der Waals surface area contributed by atoms with Crippen LogP contribution < -0.4 is 5.73 Å². The zero-order valence-corrected chi connectivity index (χ0v) is 16.7. The highest BCUT2D eigenvalue weighted by molar-refractivity contribution is 6.74. The van der Waals surface area contributed by atoms with Crippen LogP contribution >= 0.6 is 0 Å². The summed E-state index contributed by atoms with van der Waals surface area (Å²) in [5.41, 5.74) is 6.56. The fourth-order valence-electron chi connectivity index (χ4n) is 2.78. The van der Waals surface area contributed by atoms with Crippen molar-refractivity contribution in [1.29, 1.82) is 0 Å². The van der Waals surface area contributed by atoms with Gasteiger partial charge >= 0.3 is 0 Å². The van der Waals surface area contributed by atoms with Crippen molar-refractivity contribution in [3.63, 3.8) is 0 Å². The number of ether oxygens (including phenoxy) is 1. The van der Waals surface area contributed by atoms with Gasteiger partial charge in [-0.1, -0.05) is 20.8 Å². The van der Waals surface area contributed by atoms with Crippen molar-refractivity contribution in [2.24, 2.45) is 0 Å². The topological polar surface area (TPSA) is 108 Å². The second-order valence-electron chi connectivity index (χ2n) is 8.12.